The molecule has 3 N–H and O–H groups in total. The first-order chi connectivity index (χ1) is 19.1. The maximum atomic E-state index is 14.3. The SMILES string of the molecule is Cc1ccc(C)c(-c2csc(NC(=O)C(F)(F)C(F)(F)C(F)(F)C(F)(F)C(F)(F)C(F)(F)C(F)(F)C(F)F)c2C(N)=O)c1. The fourth-order valence-electron chi connectivity index (χ4n) is 3.38. The van der Waals surface area contributed by atoms with Crippen LogP contribution in [0.3, 0.4) is 0 Å². The summed E-state index contributed by atoms with van der Waals surface area (Å²) in [5.74, 6) is -62.2. The van der Waals surface area contributed by atoms with Gasteiger partial charge in [-0.2, -0.15) is 61.5 Å². The normalized spacial score (nSPS) is 14.3. The summed E-state index contributed by atoms with van der Waals surface area (Å²) in [6.07, 6.45) is -5.97. The molecular formula is C22H14F16N2O2S. The number of primary amides is 1. The van der Waals surface area contributed by atoms with Crippen LogP contribution in [0.5, 0.6) is 0 Å². The number of rotatable bonds is 11. The Morgan fingerprint density at radius 3 is 1.67 bits per heavy atom. The molecule has 1 aromatic carbocycles. The Bertz CT molecular complexity index is 1400. The Balaban J connectivity index is 2.60. The zero-order valence-corrected chi connectivity index (χ0v) is 21.6. The molecular weight excluding hydrogens is 660 g/mol. The van der Waals surface area contributed by atoms with Crippen LogP contribution in [0.15, 0.2) is 23.6 Å². The maximum Gasteiger partial charge on any atom is 0.393 e. The third kappa shape index (κ3) is 5.15. The molecule has 0 saturated heterocycles. The smallest absolute Gasteiger partial charge is 0.365 e. The molecule has 4 nitrogen and oxygen atoms in total. The predicted molar refractivity (Wildman–Crippen MR) is 117 cm³/mol. The molecule has 0 unspecified atom stereocenters. The van der Waals surface area contributed by atoms with Gasteiger partial charge < -0.3 is 11.1 Å². The van der Waals surface area contributed by atoms with Gasteiger partial charge in [-0.3, -0.25) is 9.59 Å². The number of alkyl halides is 16. The van der Waals surface area contributed by atoms with E-state index >= 15 is 0 Å². The molecule has 0 fully saturated rings. The van der Waals surface area contributed by atoms with Gasteiger partial charge in [0, 0.05) is 10.9 Å². The standard InChI is InChI=1S/C22H14F16N2O2S/c1-7-3-4-8(2)9(5-7)10-6-43-13(11(10)12(39)41)40-15(42)17(27,28)19(31,32)21(35,36)22(37,38)20(33,34)18(29,30)16(25,26)14(23)24/h3-6,14H,1-2H3,(H2,39,41)(H,40,42). The lowest BCUT2D eigenvalue weighted by atomic mass is 9.89. The number of amides is 2. The van der Waals surface area contributed by atoms with Gasteiger partial charge in [-0.1, -0.05) is 23.8 Å². The van der Waals surface area contributed by atoms with Crippen molar-refractivity contribution in [2.75, 3.05) is 5.32 Å². The predicted octanol–water partition coefficient (Wildman–Crippen LogP) is 7.78. The van der Waals surface area contributed by atoms with Crippen molar-refractivity contribution in [2.45, 2.75) is 61.7 Å². The van der Waals surface area contributed by atoms with Crippen molar-refractivity contribution in [3.05, 3.63) is 40.3 Å². The number of benzene rings is 1. The Morgan fingerprint density at radius 2 is 1.21 bits per heavy atom. The maximum absolute atomic E-state index is 14.3. The molecule has 2 amide bonds. The van der Waals surface area contributed by atoms with E-state index in [-0.39, 0.29) is 22.5 Å². The highest BCUT2D eigenvalue weighted by molar-refractivity contribution is 7.15. The van der Waals surface area contributed by atoms with Crippen LogP contribution in [0.1, 0.15) is 21.5 Å². The van der Waals surface area contributed by atoms with Crippen LogP contribution in [0.25, 0.3) is 11.1 Å². The highest BCUT2D eigenvalue weighted by Gasteiger charge is 2.94. The van der Waals surface area contributed by atoms with Crippen LogP contribution < -0.4 is 11.1 Å². The van der Waals surface area contributed by atoms with Gasteiger partial charge in [0.05, 0.1) is 5.56 Å². The Hall–Kier alpha value is -3.26. The molecule has 2 aromatic rings. The van der Waals surface area contributed by atoms with Crippen LogP contribution in [-0.2, 0) is 4.79 Å². The number of halogens is 16. The highest BCUT2D eigenvalue weighted by Crippen LogP contribution is 2.63. The summed E-state index contributed by atoms with van der Waals surface area (Å²) in [5.41, 5.74) is 4.99. The topological polar surface area (TPSA) is 72.2 Å². The van der Waals surface area contributed by atoms with Crippen LogP contribution >= 0.6 is 11.3 Å². The van der Waals surface area contributed by atoms with Gasteiger partial charge >= 0.3 is 53.8 Å². The number of nitrogens with one attached hydrogen (secondary N) is 1. The number of hydrogen-bond donors (Lipinski definition) is 2. The highest BCUT2D eigenvalue weighted by atomic mass is 32.1. The quantitative estimate of drug-likeness (QED) is 0.239. The Kier molecular flexibility index (Phi) is 8.96. The van der Waals surface area contributed by atoms with Crippen molar-refractivity contribution in [3.8, 4) is 11.1 Å². The summed E-state index contributed by atoms with van der Waals surface area (Å²) in [6, 6.07) is 4.41. The minimum Gasteiger partial charge on any atom is -0.365 e. The van der Waals surface area contributed by atoms with E-state index in [9.17, 15) is 79.8 Å². The van der Waals surface area contributed by atoms with Gasteiger partial charge in [0.1, 0.15) is 5.00 Å². The van der Waals surface area contributed by atoms with E-state index in [0.717, 1.165) is 10.7 Å². The molecule has 2 rings (SSSR count). The first kappa shape index (κ1) is 35.9. The second-order valence-corrected chi connectivity index (χ2v) is 9.74. The number of aryl methyl sites for hydroxylation is 2. The number of carbonyl (C=O) groups excluding carboxylic acids is 2. The van der Waals surface area contributed by atoms with Gasteiger partial charge in [0.2, 0.25) is 0 Å². The van der Waals surface area contributed by atoms with Crippen molar-refractivity contribution in [2.24, 2.45) is 5.73 Å². The van der Waals surface area contributed by atoms with Gasteiger partial charge in [-0.05, 0) is 25.0 Å². The van der Waals surface area contributed by atoms with Crippen molar-refractivity contribution >= 4 is 28.2 Å². The molecule has 0 aliphatic rings. The third-order valence-electron chi connectivity index (χ3n) is 5.90. The van der Waals surface area contributed by atoms with Crippen molar-refractivity contribution < 1.29 is 79.8 Å². The zero-order chi connectivity index (χ0) is 33.9. The van der Waals surface area contributed by atoms with E-state index in [4.69, 9.17) is 5.73 Å². The second kappa shape index (κ2) is 10.7. The van der Waals surface area contributed by atoms with E-state index in [2.05, 4.69) is 0 Å². The molecule has 242 valence electrons. The average molecular weight is 674 g/mol. The fraction of sp³-hybridized carbons (Fsp3) is 0.455. The summed E-state index contributed by atoms with van der Waals surface area (Å²) >= 11 is 0.0748. The second-order valence-electron chi connectivity index (χ2n) is 8.86. The summed E-state index contributed by atoms with van der Waals surface area (Å²) in [6.45, 7) is 2.98. The first-order valence-electron chi connectivity index (χ1n) is 10.8. The minimum absolute atomic E-state index is 0.0748. The van der Waals surface area contributed by atoms with Gasteiger partial charge in [0.25, 0.3) is 5.91 Å². The van der Waals surface area contributed by atoms with E-state index < -0.39 is 70.3 Å². The molecule has 43 heavy (non-hydrogen) atoms. The first-order valence-corrected chi connectivity index (χ1v) is 11.7. The molecule has 0 bridgehead atoms. The van der Waals surface area contributed by atoms with Gasteiger partial charge in [0.15, 0.2) is 0 Å². The minimum atomic E-state index is -8.65. The molecule has 0 aliphatic carbocycles. The molecule has 1 heterocycles. The lowest BCUT2D eigenvalue weighted by molar-refractivity contribution is -0.443. The molecule has 0 spiro atoms. The summed E-state index contributed by atoms with van der Waals surface area (Å²) in [7, 11) is 0. The van der Waals surface area contributed by atoms with E-state index in [1.807, 2.05) is 0 Å². The van der Waals surface area contributed by atoms with E-state index in [0.29, 0.717) is 11.1 Å². The number of hydrogen-bond acceptors (Lipinski definition) is 3. The van der Waals surface area contributed by atoms with Crippen LogP contribution in [-0.4, -0.2) is 59.7 Å². The number of nitrogens with two attached hydrogens (primary N) is 1. The van der Waals surface area contributed by atoms with Crippen molar-refractivity contribution in [1.29, 1.82) is 0 Å². The van der Waals surface area contributed by atoms with E-state index in [1.54, 1.807) is 6.07 Å². The van der Waals surface area contributed by atoms with Gasteiger partial charge in [-0.15, -0.1) is 11.3 Å². The Labute approximate surface area is 232 Å². The van der Waals surface area contributed by atoms with Crippen molar-refractivity contribution in [3.63, 3.8) is 0 Å². The van der Waals surface area contributed by atoms with Crippen LogP contribution in [0.4, 0.5) is 75.2 Å². The summed E-state index contributed by atoms with van der Waals surface area (Å²) in [4.78, 5) is 24.0. The van der Waals surface area contributed by atoms with Crippen molar-refractivity contribution in [1.82, 2.24) is 0 Å². The molecule has 0 radical (unpaired) electrons. The van der Waals surface area contributed by atoms with Gasteiger partial charge in [-0.25, -0.2) is 8.78 Å². The monoisotopic (exact) mass is 674 g/mol. The number of carbonyl (C=O) groups is 2. The summed E-state index contributed by atoms with van der Waals surface area (Å²) < 4.78 is 217. The number of thiophene rings is 1. The van der Waals surface area contributed by atoms with Crippen LogP contribution in [0.2, 0.25) is 0 Å². The Morgan fingerprint density at radius 1 is 0.744 bits per heavy atom. The third-order valence-corrected chi connectivity index (χ3v) is 6.79. The number of anilines is 1. The molecule has 0 aliphatic heterocycles. The largest absolute Gasteiger partial charge is 0.393 e. The van der Waals surface area contributed by atoms with Crippen LogP contribution in [0, 0.1) is 13.8 Å². The average Bonchev–Trinajstić information content (AvgIpc) is 3.28. The molecule has 1 aromatic heterocycles. The molecule has 0 atom stereocenters. The summed E-state index contributed by atoms with van der Waals surface area (Å²) in [5, 5.41) is 0.541. The lowest BCUT2D eigenvalue weighted by Gasteiger charge is -2.42. The lowest BCUT2D eigenvalue weighted by Crippen LogP contribution is -2.74. The fourth-order valence-corrected chi connectivity index (χ4v) is 4.34. The molecule has 21 heteroatoms. The zero-order valence-electron chi connectivity index (χ0n) is 20.7. The molecule has 0 saturated carbocycles. The van der Waals surface area contributed by atoms with E-state index in [1.165, 1.54) is 26.0 Å².